The molecule has 0 spiro atoms. The van der Waals surface area contributed by atoms with Crippen molar-refractivity contribution in [2.75, 3.05) is 12.0 Å². The number of phenols is 2. The van der Waals surface area contributed by atoms with Crippen molar-refractivity contribution in [3.63, 3.8) is 0 Å². The lowest BCUT2D eigenvalue weighted by Gasteiger charge is -2.26. The van der Waals surface area contributed by atoms with Crippen LogP contribution < -0.4 is 15.0 Å². The van der Waals surface area contributed by atoms with Crippen LogP contribution in [0.5, 0.6) is 17.2 Å². The van der Waals surface area contributed by atoms with Crippen LogP contribution in [0.2, 0.25) is 5.02 Å². The molecule has 1 atom stereocenters. The molecule has 0 radical (unpaired) electrons. The molecule has 1 amide bonds. The van der Waals surface area contributed by atoms with Gasteiger partial charge in [0.1, 0.15) is 23.5 Å². The Hall–Kier alpha value is -4.37. The smallest absolute Gasteiger partial charge is 0.222 e. The van der Waals surface area contributed by atoms with E-state index in [9.17, 15) is 15.0 Å². The zero-order valence-electron chi connectivity index (χ0n) is 20.2. The highest BCUT2D eigenvalue weighted by Gasteiger charge is 2.32. The lowest BCUT2D eigenvalue weighted by Crippen LogP contribution is -2.42. The molecule has 37 heavy (non-hydrogen) atoms. The molecule has 10 heteroatoms. The third kappa shape index (κ3) is 5.57. The molecular formula is C27H26ClN5O4. The van der Waals surface area contributed by atoms with Gasteiger partial charge in [-0.05, 0) is 55.0 Å². The molecule has 5 N–H and O–H groups in total. The molecule has 1 aliphatic heterocycles. The number of hydrogen-bond acceptors (Lipinski definition) is 7. The Bertz CT molecular complexity index is 1400. The standard InChI is InChI=1S/C27H26ClN5O4/c1-15(29)33-22-9-8-19(37-2)12-20(22)26(17-4-6-18(28)7-5-17)32-21(27(33)30)13-25(36)31-14-16-3-10-23(34)24(35)11-16/h3-12,21,29-30,34-35H,13-14H2,1-2H3,(H,31,36). The number of phenolic OH excluding ortho intramolecular Hbond substituents is 2. The summed E-state index contributed by atoms with van der Waals surface area (Å²) < 4.78 is 5.43. The fraction of sp³-hybridized carbons (Fsp3) is 0.185. The van der Waals surface area contributed by atoms with Gasteiger partial charge >= 0.3 is 0 Å². The lowest BCUT2D eigenvalue weighted by atomic mass is 9.99. The van der Waals surface area contributed by atoms with E-state index < -0.39 is 6.04 Å². The number of methoxy groups -OCH3 is 1. The Morgan fingerprint density at radius 3 is 2.49 bits per heavy atom. The molecule has 0 fully saturated rings. The topological polar surface area (TPSA) is 142 Å². The molecule has 190 valence electrons. The molecule has 0 bridgehead atoms. The van der Waals surface area contributed by atoms with Crippen molar-refractivity contribution in [1.29, 1.82) is 10.8 Å². The summed E-state index contributed by atoms with van der Waals surface area (Å²) in [7, 11) is 1.56. The molecule has 0 aromatic heterocycles. The lowest BCUT2D eigenvalue weighted by molar-refractivity contribution is -0.121. The Morgan fingerprint density at radius 2 is 1.84 bits per heavy atom. The van der Waals surface area contributed by atoms with Crippen molar-refractivity contribution >= 4 is 40.6 Å². The van der Waals surface area contributed by atoms with Gasteiger partial charge < -0.3 is 20.3 Å². The van der Waals surface area contributed by atoms with E-state index in [4.69, 9.17) is 32.1 Å². The quantitative estimate of drug-likeness (QED) is 0.185. The van der Waals surface area contributed by atoms with Gasteiger partial charge in [-0.3, -0.25) is 25.5 Å². The van der Waals surface area contributed by atoms with Crippen molar-refractivity contribution in [2.45, 2.75) is 25.9 Å². The number of carbonyl (C=O) groups is 1. The summed E-state index contributed by atoms with van der Waals surface area (Å²) in [6.45, 7) is 1.69. The zero-order valence-corrected chi connectivity index (χ0v) is 21.0. The van der Waals surface area contributed by atoms with Gasteiger partial charge in [-0.15, -0.1) is 0 Å². The molecule has 0 aliphatic carbocycles. The van der Waals surface area contributed by atoms with Crippen LogP contribution >= 0.6 is 11.6 Å². The van der Waals surface area contributed by atoms with Gasteiger partial charge in [0, 0.05) is 22.7 Å². The van der Waals surface area contributed by atoms with Crippen LogP contribution in [0, 0.1) is 10.8 Å². The van der Waals surface area contributed by atoms with Crippen molar-refractivity contribution < 1.29 is 19.7 Å². The number of carbonyl (C=O) groups excluding carboxylic acids is 1. The summed E-state index contributed by atoms with van der Waals surface area (Å²) in [6.07, 6.45) is -0.144. The van der Waals surface area contributed by atoms with Gasteiger partial charge in [0.2, 0.25) is 5.91 Å². The van der Waals surface area contributed by atoms with Gasteiger partial charge in [0.15, 0.2) is 11.5 Å². The number of anilines is 1. The van der Waals surface area contributed by atoms with E-state index in [1.165, 1.54) is 17.0 Å². The van der Waals surface area contributed by atoms with Crippen LogP contribution in [0.25, 0.3) is 0 Å². The first kappa shape index (κ1) is 25.7. The molecule has 9 nitrogen and oxygen atoms in total. The number of aliphatic imine (C=N–C) groups is 1. The predicted molar refractivity (Wildman–Crippen MR) is 144 cm³/mol. The van der Waals surface area contributed by atoms with Crippen LogP contribution in [-0.4, -0.2) is 46.7 Å². The van der Waals surface area contributed by atoms with E-state index in [-0.39, 0.29) is 42.0 Å². The maximum Gasteiger partial charge on any atom is 0.222 e. The number of nitrogens with zero attached hydrogens (tertiary/aromatic N) is 2. The molecule has 0 saturated heterocycles. The van der Waals surface area contributed by atoms with Crippen LogP contribution in [-0.2, 0) is 11.3 Å². The largest absolute Gasteiger partial charge is 0.504 e. The summed E-state index contributed by atoms with van der Waals surface area (Å²) in [6, 6.07) is 15.8. The fourth-order valence-corrected chi connectivity index (χ4v) is 4.19. The number of fused-ring (bicyclic) bond motifs is 1. The number of amides is 1. The van der Waals surface area contributed by atoms with Crippen LogP contribution in [0.3, 0.4) is 0 Å². The van der Waals surface area contributed by atoms with Crippen LogP contribution in [0.1, 0.15) is 30.0 Å². The molecule has 1 unspecified atom stereocenters. The minimum Gasteiger partial charge on any atom is -0.504 e. The molecule has 0 saturated carbocycles. The molecule has 1 heterocycles. The normalized spacial score (nSPS) is 14.9. The third-order valence-electron chi connectivity index (χ3n) is 5.90. The van der Waals surface area contributed by atoms with Gasteiger partial charge in [0.05, 0.1) is 24.9 Å². The fourth-order valence-electron chi connectivity index (χ4n) is 4.06. The molecule has 4 rings (SSSR count). The Labute approximate surface area is 219 Å². The minimum atomic E-state index is -0.891. The minimum absolute atomic E-state index is 0.0136. The average Bonchev–Trinajstić information content (AvgIpc) is 2.99. The number of nitrogens with one attached hydrogen (secondary N) is 3. The van der Waals surface area contributed by atoms with Gasteiger partial charge in [0.25, 0.3) is 0 Å². The van der Waals surface area contributed by atoms with E-state index in [2.05, 4.69) is 5.32 Å². The first-order valence-corrected chi connectivity index (χ1v) is 11.8. The molecule has 1 aliphatic rings. The maximum atomic E-state index is 12.9. The van der Waals surface area contributed by atoms with E-state index in [0.29, 0.717) is 33.3 Å². The number of benzene rings is 3. The van der Waals surface area contributed by atoms with Gasteiger partial charge in [-0.1, -0.05) is 29.8 Å². The van der Waals surface area contributed by atoms with Gasteiger partial charge in [-0.2, -0.15) is 0 Å². The number of aromatic hydroxyl groups is 2. The number of benzodiazepines with no additional fused rings is 1. The van der Waals surface area contributed by atoms with E-state index in [1.807, 2.05) is 12.1 Å². The van der Waals surface area contributed by atoms with E-state index in [1.54, 1.807) is 50.4 Å². The third-order valence-corrected chi connectivity index (χ3v) is 6.15. The second kappa shape index (κ2) is 10.7. The molecule has 3 aromatic rings. The monoisotopic (exact) mass is 519 g/mol. The van der Waals surface area contributed by atoms with Crippen molar-refractivity contribution in [3.8, 4) is 17.2 Å². The zero-order chi connectivity index (χ0) is 26.7. The van der Waals surface area contributed by atoms with E-state index >= 15 is 0 Å². The van der Waals surface area contributed by atoms with Crippen LogP contribution in [0.15, 0.2) is 65.7 Å². The highest BCUT2D eigenvalue weighted by atomic mass is 35.5. The first-order valence-electron chi connectivity index (χ1n) is 11.4. The first-order chi connectivity index (χ1) is 17.7. The number of rotatable bonds is 6. The Balaban J connectivity index is 1.71. The number of ether oxygens (including phenoxy) is 1. The summed E-state index contributed by atoms with van der Waals surface area (Å²) in [5, 5.41) is 39.8. The molecule has 3 aromatic carbocycles. The van der Waals surface area contributed by atoms with Crippen LogP contribution in [0.4, 0.5) is 5.69 Å². The van der Waals surface area contributed by atoms with Gasteiger partial charge in [-0.25, -0.2) is 0 Å². The van der Waals surface area contributed by atoms with Crippen molar-refractivity contribution in [1.82, 2.24) is 5.32 Å². The second-order valence-electron chi connectivity index (χ2n) is 8.49. The summed E-state index contributed by atoms with van der Waals surface area (Å²) in [4.78, 5) is 19.3. The average molecular weight is 520 g/mol. The summed E-state index contributed by atoms with van der Waals surface area (Å²) in [5.41, 5.74) is 3.11. The summed E-state index contributed by atoms with van der Waals surface area (Å²) >= 11 is 6.11. The Morgan fingerprint density at radius 1 is 1.11 bits per heavy atom. The number of amidine groups is 2. The molecular weight excluding hydrogens is 494 g/mol. The SMILES string of the molecule is COc1ccc2c(c1)C(c1ccc(Cl)cc1)=NC(CC(=O)NCc1ccc(O)c(O)c1)C(=N)N2C(C)=N. The van der Waals surface area contributed by atoms with E-state index in [0.717, 1.165) is 5.56 Å². The highest BCUT2D eigenvalue weighted by Crippen LogP contribution is 2.33. The van der Waals surface area contributed by atoms with Crippen molar-refractivity contribution in [2.24, 2.45) is 4.99 Å². The Kier molecular flexibility index (Phi) is 7.45. The highest BCUT2D eigenvalue weighted by molar-refractivity contribution is 6.31. The predicted octanol–water partition coefficient (Wildman–Crippen LogP) is 4.47. The van der Waals surface area contributed by atoms with Crippen molar-refractivity contribution in [3.05, 3.63) is 82.4 Å². The number of hydrogen-bond donors (Lipinski definition) is 5. The summed E-state index contributed by atoms with van der Waals surface area (Å²) in [5.74, 6) is -0.214. The number of halogens is 1. The second-order valence-corrected chi connectivity index (χ2v) is 8.93. The maximum absolute atomic E-state index is 12.9.